The Morgan fingerprint density at radius 1 is 1.17 bits per heavy atom. The molecule has 0 aromatic heterocycles. The lowest BCUT2D eigenvalue weighted by Crippen LogP contribution is -2.21. The number of rotatable bonds is 2. The van der Waals surface area contributed by atoms with Crippen molar-refractivity contribution in [3.05, 3.63) is 33.9 Å². The van der Waals surface area contributed by atoms with Crippen molar-refractivity contribution in [3.63, 3.8) is 0 Å². The summed E-state index contributed by atoms with van der Waals surface area (Å²) in [6.45, 7) is 12.0. The molecule has 2 heteroatoms. The summed E-state index contributed by atoms with van der Waals surface area (Å²) in [6, 6.07) is 2.28. The van der Waals surface area contributed by atoms with Crippen molar-refractivity contribution in [2.75, 3.05) is 6.61 Å². The molecule has 1 aliphatic heterocycles. The van der Waals surface area contributed by atoms with Gasteiger partial charge in [-0.2, -0.15) is 0 Å². The maximum Gasteiger partial charge on any atom is 0.0767 e. The minimum absolute atomic E-state index is 0.309. The predicted molar refractivity (Wildman–Crippen MR) is 80.6 cm³/mol. The SMILES string of the molecule is Cc1cc(C)c(C)c(C(Br)C2OCCC2C)c1C. The molecule has 100 valence electrons. The van der Waals surface area contributed by atoms with Gasteiger partial charge in [0.25, 0.3) is 0 Å². The van der Waals surface area contributed by atoms with Crippen molar-refractivity contribution in [2.45, 2.75) is 52.0 Å². The molecule has 2 rings (SSSR count). The van der Waals surface area contributed by atoms with Gasteiger partial charge in [-0.1, -0.05) is 28.9 Å². The third kappa shape index (κ3) is 2.37. The molecular formula is C16H23BrO. The molecule has 1 saturated heterocycles. The van der Waals surface area contributed by atoms with Gasteiger partial charge in [0.05, 0.1) is 10.9 Å². The monoisotopic (exact) mass is 310 g/mol. The first kappa shape index (κ1) is 14.1. The van der Waals surface area contributed by atoms with E-state index in [1.165, 1.54) is 34.2 Å². The van der Waals surface area contributed by atoms with Crippen LogP contribution in [0.4, 0.5) is 0 Å². The summed E-state index contributed by atoms with van der Waals surface area (Å²) in [5.41, 5.74) is 7.00. The Morgan fingerprint density at radius 2 is 1.72 bits per heavy atom. The number of ether oxygens (including phenoxy) is 1. The Balaban J connectivity index is 2.44. The topological polar surface area (TPSA) is 9.23 Å². The summed E-state index contributed by atoms with van der Waals surface area (Å²) in [5, 5.41) is 0. The zero-order valence-corrected chi connectivity index (χ0v) is 13.6. The lowest BCUT2D eigenvalue weighted by atomic mass is 9.88. The fraction of sp³-hybridized carbons (Fsp3) is 0.625. The average molecular weight is 311 g/mol. The van der Waals surface area contributed by atoms with Gasteiger partial charge < -0.3 is 4.74 Å². The van der Waals surface area contributed by atoms with Crippen molar-refractivity contribution in [1.82, 2.24) is 0 Å². The molecule has 0 aliphatic carbocycles. The Morgan fingerprint density at radius 3 is 2.17 bits per heavy atom. The highest BCUT2D eigenvalue weighted by molar-refractivity contribution is 9.09. The molecule has 1 aliphatic rings. The Kier molecular flexibility index (Phi) is 4.18. The Hall–Kier alpha value is -0.340. The third-order valence-electron chi connectivity index (χ3n) is 4.43. The molecule has 3 unspecified atom stereocenters. The first-order valence-corrected chi connectivity index (χ1v) is 7.68. The molecule has 3 atom stereocenters. The van der Waals surface area contributed by atoms with Gasteiger partial charge in [-0.3, -0.25) is 0 Å². The van der Waals surface area contributed by atoms with Crippen LogP contribution in [0.25, 0.3) is 0 Å². The molecule has 1 nitrogen and oxygen atoms in total. The number of hydrogen-bond donors (Lipinski definition) is 0. The zero-order chi connectivity index (χ0) is 13.4. The van der Waals surface area contributed by atoms with Crippen LogP contribution in [0, 0.1) is 33.6 Å². The fourth-order valence-corrected chi connectivity index (χ4v) is 4.28. The van der Waals surface area contributed by atoms with E-state index in [1.54, 1.807) is 0 Å². The molecule has 0 spiro atoms. The quantitative estimate of drug-likeness (QED) is 0.714. The predicted octanol–water partition coefficient (Wildman–Crippen LogP) is 4.78. The number of hydrogen-bond acceptors (Lipinski definition) is 1. The van der Waals surface area contributed by atoms with Crippen LogP contribution in [0.5, 0.6) is 0 Å². The lowest BCUT2D eigenvalue weighted by molar-refractivity contribution is 0.0932. The van der Waals surface area contributed by atoms with E-state index in [1.807, 2.05) is 0 Å². The number of alkyl halides is 1. The molecule has 0 saturated carbocycles. The normalized spacial score (nSPS) is 25.4. The number of benzene rings is 1. The van der Waals surface area contributed by atoms with E-state index >= 15 is 0 Å². The van der Waals surface area contributed by atoms with Gasteiger partial charge in [-0.25, -0.2) is 0 Å². The summed E-state index contributed by atoms with van der Waals surface area (Å²) in [5.74, 6) is 0.633. The van der Waals surface area contributed by atoms with Crippen molar-refractivity contribution >= 4 is 15.9 Å². The minimum atomic E-state index is 0.309. The van der Waals surface area contributed by atoms with Gasteiger partial charge >= 0.3 is 0 Å². The van der Waals surface area contributed by atoms with Gasteiger partial charge in [0.1, 0.15) is 0 Å². The van der Waals surface area contributed by atoms with Crippen LogP contribution < -0.4 is 0 Å². The van der Waals surface area contributed by atoms with E-state index in [0.29, 0.717) is 16.8 Å². The van der Waals surface area contributed by atoms with Gasteiger partial charge in [0.15, 0.2) is 0 Å². The summed E-state index contributed by atoms with van der Waals surface area (Å²) in [4.78, 5) is 0.314. The highest BCUT2D eigenvalue weighted by Crippen LogP contribution is 2.41. The zero-order valence-electron chi connectivity index (χ0n) is 12.0. The van der Waals surface area contributed by atoms with Gasteiger partial charge in [0, 0.05) is 6.61 Å². The summed E-state index contributed by atoms with van der Waals surface area (Å²) in [7, 11) is 0. The Labute approximate surface area is 119 Å². The fourth-order valence-electron chi connectivity index (χ4n) is 2.92. The van der Waals surface area contributed by atoms with Crippen LogP contribution in [-0.2, 0) is 4.74 Å². The highest BCUT2D eigenvalue weighted by atomic mass is 79.9. The first-order chi connectivity index (χ1) is 8.43. The van der Waals surface area contributed by atoms with Crippen LogP contribution in [0.1, 0.15) is 46.0 Å². The molecule has 1 fully saturated rings. The second-order valence-corrected chi connectivity index (χ2v) is 6.66. The standard InChI is InChI=1S/C16H23BrO/c1-9-6-7-18-16(9)15(17)14-12(4)10(2)8-11(3)13(14)5/h8-9,15-16H,6-7H2,1-5H3. The molecule has 0 N–H and O–H groups in total. The van der Waals surface area contributed by atoms with Gasteiger partial charge in [-0.15, -0.1) is 0 Å². The van der Waals surface area contributed by atoms with Crippen molar-refractivity contribution in [1.29, 1.82) is 0 Å². The largest absolute Gasteiger partial charge is 0.376 e. The van der Waals surface area contributed by atoms with Crippen molar-refractivity contribution in [3.8, 4) is 0 Å². The smallest absolute Gasteiger partial charge is 0.0767 e. The van der Waals surface area contributed by atoms with E-state index in [9.17, 15) is 0 Å². The third-order valence-corrected chi connectivity index (χ3v) is 5.41. The summed E-state index contributed by atoms with van der Waals surface area (Å²) < 4.78 is 5.92. The Bertz CT molecular complexity index is 427. The van der Waals surface area contributed by atoms with Crippen molar-refractivity contribution < 1.29 is 4.74 Å². The number of halogens is 1. The molecule has 0 radical (unpaired) electrons. The summed E-state index contributed by atoms with van der Waals surface area (Å²) in [6.07, 6.45) is 1.49. The van der Waals surface area contributed by atoms with E-state index in [4.69, 9.17) is 4.74 Å². The molecule has 0 amide bonds. The first-order valence-electron chi connectivity index (χ1n) is 6.76. The molecule has 1 heterocycles. The van der Waals surface area contributed by atoms with Crippen LogP contribution in [0.2, 0.25) is 0 Å². The van der Waals surface area contributed by atoms with Crippen LogP contribution in [0.3, 0.4) is 0 Å². The average Bonchev–Trinajstić information content (AvgIpc) is 2.73. The molecule has 1 aromatic rings. The van der Waals surface area contributed by atoms with E-state index in [2.05, 4.69) is 56.6 Å². The second-order valence-electron chi connectivity index (χ2n) is 5.68. The van der Waals surface area contributed by atoms with Crippen LogP contribution >= 0.6 is 15.9 Å². The molecular weight excluding hydrogens is 288 g/mol. The van der Waals surface area contributed by atoms with E-state index in [-0.39, 0.29) is 0 Å². The molecule has 1 aromatic carbocycles. The van der Waals surface area contributed by atoms with Crippen molar-refractivity contribution in [2.24, 2.45) is 5.92 Å². The maximum atomic E-state index is 5.92. The molecule has 18 heavy (non-hydrogen) atoms. The second kappa shape index (κ2) is 5.34. The van der Waals surface area contributed by atoms with Crippen LogP contribution in [0.15, 0.2) is 6.07 Å². The lowest BCUT2D eigenvalue weighted by Gasteiger charge is -2.26. The number of aryl methyl sites for hydroxylation is 2. The maximum absolute atomic E-state index is 5.92. The minimum Gasteiger partial charge on any atom is -0.376 e. The van der Waals surface area contributed by atoms with E-state index < -0.39 is 0 Å². The molecule has 0 bridgehead atoms. The van der Waals surface area contributed by atoms with Gasteiger partial charge in [0.2, 0.25) is 0 Å². The highest BCUT2D eigenvalue weighted by Gasteiger charge is 2.33. The van der Waals surface area contributed by atoms with E-state index in [0.717, 1.165) is 6.61 Å². The summed E-state index contributed by atoms with van der Waals surface area (Å²) >= 11 is 3.90. The van der Waals surface area contributed by atoms with Gasteiger partial charge in [-0.05, 0) is 67.9 Å². The van der Waals surface area contributed by atoms with Crippen LogP contribution in [-0.4, -0.2) is 12.7 Å².